The summed E-state index contributed by atoms with van der Waals surface area (Å²) in [6.45, 7) is 3.73. The van der Waals surface area contributed by atoms with Gasteiger partial charge in [-0.05, 0) is 0 Å². The van der Waals surface area contributed by atoms with E-state index in [2.05, 4.69) is 10.2 Å². The van der Waals surface area contributed by atoms with E-state index in [-0.39, 0.29) is 5.92 Å². The van der Waals surface area contributed by atoms with Gasteiger partial charge in [-0.2, -0.15) is 0 Å². The lowest BCUT2D eigenvalue weighted by Gasteiger charge is -2.01. The van der Waals surface area contributed by atoms with Crippen molar-refractivity contribution in [2.45, 2.75) is 19.8 Å². The maximum absolute atomic E-state index is 10.5. The summed E-state index contributed by atoms with van der Waals surface area (Å²) in [5.41, 5.74) is 0. The number of rotatable bonds is 1. The highest BCUT2D eigenvalue weighted by molar-refractivity contribution is 5.68. The number of nitrogens with zero attached hydrogens (tertiary/aromatic N) is 3. The van der Waals surface area contributed by atoms with Crippen molar-refractivity contribution < 1.29 is 9.90 Å². The molecule has 1 N–H and O–H groups in total. The van der Waals surface area contributed by atoms with Crippen molar-refractivity contribution in [3.63, 3.8) is 0 Å². The second-order valence-corrected chi connectivity index (χ2v) is 2.50. The predicted molar refractivity (Wildman–Crippen MR) is 37.5 cm³/mol. The molecule has 0 aromatic carbocycles. The quantitative estimate of drug-likeness (QED) is 0.655. The molecule has 0 amide bonds. The van der Waals surface area contributed by atoms with E-state index in [9.17, 15) is 4.79 Å². The summed E-state index contributed by atoms with van der Waals surface area (Å²) in [5, 5.41) is 15.8. The fourth-order valence-electron chi connectivity index (χ4n) is 0.785. The lowest BCUT2D eigenvalue weighted by Crippen LogP contribution is -2.11. The third-order valence-corrected chi connectivity index (χ3v) is 1.30. The largest absolute Gasteiger partial charge is 0.464 e. The van der Waals surface area contributed by atoms with Crippen LogP contribution in [0.4, 0.5) is 4.79 Å². The highest BCUT2D eigenvalue weighted by Gasteiger charge is 2.12. The van der Waals surface area contributed by atoms with Crippen molar-refractivity contribution in [1.29, 1.82) is 0 Å². The Morgan fingerprint density at radius 3 is 2.73 bits per heavy atom. The average molecular weight is 155 g/mol. The van der Waals surface area contributed by atoms with E-state index in [1.165, 1.54) is 6.33 Å². The van der Waals surface area contributed by atoms with Crippen LogP contribution in [-0.4, -0.2) is 26.0 Å². The van der Waals surface area contributed by atoms with E-state index in [0.29, 0.717) is 5.82 Å². The molecule has 0 atom stereocenters. The number of carboxylic acid groups (broad SMARTS) is 1. The van der Waals surface area contributed by atoms with Gasteiger partial charge < -0.3 is 5.11 Å². The summed E-state index contributed by atoms with van der Waals surface area (Å²) >= 11 is 0. The molecule has 0 saturated carbocycles. The van der Waals surface area contributed by atoms with Crippen molar-refractivity contribution in [3.8, 4) is 0 Å². The molecule has 0 saturated heterocycles. The molecular formula is C6H9N3O2. The molecule has 0 radical (unpaired) electrons. The Morgan fingerprint density at radius 2 is 2.36 bits per heavy atom. The second-order valence-electron chi connectivity index (χ2n) is 2.50. The number of aromatic nitrogens is 3. The molecule has 0 aliphatic rings. The highest BCUT2D eigenvalue weighted by Crippen LogP contribution is 2.09. The van der Waals surface area contributed by atoms with Crippen LogP contribution in [0.25, 0.3) is 0 Å². The minimum atomic E-state index is -1.04. The van der Waals surface area contributed by atoms with Crippen LogP contribution in [0.5, 0.6) is 0 Å². The van der Waals surface area contributed by atoms with Gasteiger partial charge in [-0.3, -0.25) is 0 Å². The van der Waals surface area contributed by atoms with Gasteiger partial charge in [0, 0.05) is 5.92 Å². The molecule has 0 aliphatic carbocycles. The molecule has 5 nitrogen and oxygen atoms in total. The third-order valence-electron chi connectivity index (χ3n) is 1.30. The summed E-state index contributed by atoms with van der Waals surface area (Å²) in [7, 11) is 0. The molecule has 11 heavy (non-hydrogen) atoms. The minimum absolute atomic E-state index is 0.0774. The number of hydrogen-bond acceptors (Lipinski definition) is 3. The van der Waals surface area contributed by atoms with Gasteiger partial charge in [0.05, 0.1) is 0 Å². The van der Waals surface area contributed by atoms with Gasteiger partial charge >= 0.3 is 6.09 Å². The Labute approximate surface area is 63.7 Å². The molecule has 0 aliphatic heterocycles. The summed E-state index contributed by atoms with van der Waals surface area (Å²) in [6, 6.07) is 0. The van der Waals surface area contributed by atoms with Crippen LogP contribution < -0.4 is 0 Å². The molecule has 0 spiro atoms. The molecule has 1 rings (SSSR count). The van der Waals surface area contributed by atoms with Gasteiger partial charge in [-0.1, -0.05) is 13.8 Å². The Kier molecular flexibility index (Phi) is 1.89. The predicted octanol–water partition coefficient (Wildman–Crippen LogP) is 0.928. The molecule has 0 bridgehead atoms. The second kappa shape index (κ2) is 2.69. The van der Waals surface area contributed by atoms with Crippen molar-refractivity contribution >= 4 is 6.09 Å². The maximum atomic E-state index is 10.5. The van der Waals surface area contributed by atoms with Crippen molar-refractivity contribution in [1.82, 2.24) is 14.8 Å². The van der Waals surface area contributed by atoms with Gasteiger partial charge in [-0.15, -0.1) is 10.2 Å². The Bertz CT molecular complexity index is 267. The van der Waals surface area contributed by atoms with Gasteiger partial charge in [0.25, 0.3) is 0 Å². The maximum Gasteiger partial charge on any atom is 0.418 e. The van der Waals surface area contributed by atoms with Gasteiger partial charge in [0.2, 0.25) is 0 Å². The monoisotopic (exact) mass is 155 g/mol. The van der Waals surface area contributed by atoms with Crippen LogP contribution in [0.3, 0.4) is 0 Å². The minimum Gasteiger partial charge on any atom is -0.464 e. The van der Waals surface area contributed by atoms with E-state index < -0.39 is 6.09 Å². The smallest absolute Gasteiger partial charge is 0.418 e. The molecule has 5 heteroatoms. The van der Waals surface area contributed by atoms with Gasteiger partial charge in [0.15, 0.2) is 0 Å². The third kappa shape index (κ3) is 1.36. The first-order valence-corrected chi connectivity index (χ1v) is 3.26. The Morgan fingerprint density at radius 1 is 1.73 bits per heavy atom. The summed E-state index contributed by atoms with van der Waals surface area (Å²) in [4.78, 5) is 10.5. The zero-order chi connectivity index (χ0) is 8.43. The van der Waals surface area contributed by atoms with Crippen molar-refractivity contribution in [3.05, 3.63) is 12.2 Å². The summed E-state index contributed by atoms with van der Waals surface area (Å²) in [5.74, 6) is 0.547. The zero-order valence-electron chi connectivity index (χ0n) is 6.35. The van der Waals surface area contributed by atoms with Crippen molar-refractivity contribution in [2.75, 3.05) is 0 Å². The lowest BCUT2D eigenvalue weighted by atomic mass is 10.2. The molecular weight excluding hydrogens is 146 g/mol. The van der Waals surface area contributed by atoms with E-state index in [4.69, 9.17) is 5.11 Å². The van der Waals surface area contributed by atoms with Crippen LogP contribution >= 0.6 is 0 Å². The molecule has 60 valence electrons. The highest BCUT2D eigenvalue weighted by atomic mass is 16.4. The van der Waals surface area contributed by atoms with E-state index >= 15 is 0 Å². The Balaban J connectivity index is 3.06. The first-order valence-electron chi connectivity index (χ1n) is 3.26. The van der Waals surface area contributed by atoms with Crippen LogP contribution in [0.15, 0.2) is 6.33 Å². The molecule has 1 aromatic rings. The Hall–Kier alpha value is -1.39. The van der Waals surface area contributed by atoms with Crippen molar-refractivity contribution in [2.24, 2.45) is 0 Å². The fraction of sp³-hybridized carbons (Fsp3) is 0.500. The lowest BCUT2D eigenvalue weighted by molar-refractivity contribution is 0.195. The molecule has 0 fully saturated rings. The number of hydrogen-bond donors (Lipinski definition) is 1. The number of carbonyl (C=O) groups is 1. The zero-order valence-corrected chi connectivity index (χ0v) is 6.35. The standard InChI is InChI=1S/C6H9N3O2/c1-4(2)5-8-7-3-9(5)6(10)11/h3-4H,1-2H3,(H,10,11). The normalized spacial score (nSPS) is 10.5. The SMILES string of the molecule is CC(C)c1nncn1C(=O)O. The van der Waals surface area contributed by atoms with E-state index in [1.54, 1.807) is 0 Å². The topological polar surface area (TPSA) is 68.0 Å². The first kappa shape index (κ1) is 7.71. The van der Waals surface area contributed by atoms with Crippen LogP contribution in [0, 0.1) is 0 Å². The molecule has 1 aromatic heterocycles. The van der Waals surface area contributed by atoms with Gasteiger partial charge in [-0.25, -0.2) is 9.36 Å². The average Bonchev–Trinajstić information content (AvgIpc) is 2.32. The van der Waals surface area contributed by atoms with Crippen LogP contribution in [0.2, 0.25) is 0 Å². The summed E-state index contributed by atoms with van der Waals surface area (Å²) in [6.07, 6.45) is 0.149. The van der Waals surface area contributed by atoms with Crippen LogP contribution in [-0.2, 0) is 0 Å². The first-order chi connectivity index (χ1) is 5.13. The van der Waals surface area contributed by atoms with Gasteiger partial charge in [0.1, 0.15) is 12.2 Å². The molecule has 1 heterocycles. The fourth-order valence-corrected chi connectivity index (χ4v) is 0.785. The van der Waals surface area contributed by atoms with E-state index in [1.807, 2.05) is 13.8 Å². The molecule has 0 unspecified atom stereocenters. The van der Waals surface area contributed by atoms with Crippen LogP contribution in [0.1, 0.15) is 25.6 Å². The van der Waals surface area contributed by atoms with E-state index in [0.717, 1.165) is 4.57 Å². The summed E-state index contributed by atoms with van der Waals surface area (Å²) < 4.78 is 1.02.